The molecule has 2 heterocycles. The minimum atomic E-state index is -2.98. The van der Waals surface area contributed by atoms with Gasteiger partial charge in [-0.2, -0.15) is 0 Å². The van der Waals surface area contributed by atoms with Crippen LogP contribution >= 0.6 is 11.8 Å². The normalized spacial score (nSPS) is 24.6. The van der Waals surface area contributed by atoms with Crippen molar-refractivity contribution >= 4 is 38.4 Å². The molecule has 1 amide bonds. The van der Waals surface area contributed by atoms with Gasteiger partial charge in [-0.1, -0.05) is 23.9 Å². The molecule has 0 unspecified atom stereocenters. The van der Waals surface area contributed by atoms with Crippen molar-refractivity contribution in [2.24, 2.45) is 4.99 Å². The van der Waals surface area contributed by atoms with E-state index in [-0.39, 0.29) is 35.2 Å². The Morgan fingerprint density at radius 1 is 1.38 bits per heavy atom. The zero-order chi connectivity index (χ0) is 17.5. The lowest BCUT2D eigenvalue weighted by atomic mass is 10.1. The molecular weight excluding hydrogens is 346 g/mol. The lowest BCUT2D eigenvalue weighted by molar-refractivity contribution is -0.113. The molecule has 1 saturated heterocycles. The second-order valence-electron chi connectivity index (χ2n) is 6.32. The Hall–Kier alpha value is -1.54. The molecule has 2 aliphatic rings. The number of aliphatic imine (C=N–C) groups is 1. The van der Waals surface area contributed by atoms with Crippen molar-refractivity contribution in [2.75, 3.05) is 29.6 Å². The monoisotopic (exact) mass is 367 g/mol. The fourth-order valence-corrected chi connectivity index (χ4v) is 5.82. The van der Waals surface area contributed by atoms with Gasteiger partial charge in [0.15, 0.2) is 15.0 Å². The van der Waals surface area contributed by atoms with E-state index in [1.165, 1.54) is 11.8 Å². The van der Waals surface area contributed by atoms with E-state index in [0.29, 0.717) is 0 Å². The minimum absolute atomic E-state index is 0.0837. The van der Waals surface area contributed by atoms with Gasteiger partial charge >= 0.3 is 0 Å². The third-order valence-corrected chi connectivity index (χ3v) is 7.34. The van der Waals surface area contributed by atoms with Gasteiger partial charge in [-0.25, -0.2) is 8.42 Å². The number of hydrogen-bond acceptors (Lipinski definition) is 6. The van der Waals surface area contributed by atoms with Gasteiger partial charge in [-0.15, -0.1) is 0 Å². The van der Waals surface area contributed by atoms with E-state index in [9.17, 15) is 13.2 Å². The number of amides is 1. The van der Waals surface area contributed by atoms with Gasteiger partial charge in [0.1, 0.15) is 0 Å². The topological polar surface area (TPSA) is 78.8 Å². The van der Waals surface area contributed by atoms with Crippen molar-refractivity contribution < 1.29 is 13.2 Å². The van der Waals surface area contributed by atoms with Crippen LogP contribution < -0.4 is 5.32 Å². The summed E-state index contributed by atoms with van der Waals surface area (Å²) in [4.78, 5) is 18.6. The second-order valence-corrected chi connectivity index (χ2v) is 9.41. The van der Waals surface area contributed by atoms with E-state index in [4.69, 9.17) is 0 Å². The Bertz CT molecular complexity index is 805. The number of thioether (sulfide) groups is 1. The maximum Gasteiger partial charge on any atom is 0.234 e. The largest absolute Gasteiger partial charge is 0.348 e. The Kier molecular flexibility index (Phi) is 4.61. The SMILES string of the molecule is Cc1cccc(NC(=O)CSC2=N[C@H]3CS(=O)(=O)C[C@H]3N2C)c1C. The molecule has 6 nitrogen and oxygen atoms in total. The molecule has 0 spiro atoms. The number of nitrogens with one attached hydrogen (secondary N) is 1. The number of likely N-dealkylation sites (N-methyl/N-ethyl adjacent to an activating group) is 1. The molecule has 24 heavy (non-hydrogen) atoms. The first kappa shape index (κ1) is 17.3. The van der Waals surface area contributed by atoms with Crippen LogP contribution in [0.1, 0.15) is 11.1 Å². The molecule has 1 aromatic carbocycles. The number of sulfone groups is 1. The van der Waals surface area contributed by atoms with Gasteiger partial charge in [0.25, 0.3) is 0 Å². The average Bonchev–Trinajstić information content (AvgIpc) is 2.95. The number of anilines is 1. The van der Waals surface area contributed by atoms with Crippen LogP contribution in [0.4, 0.5) is 5.69 Å². The molecule has 8 heteroatoms. The third-order valence-electron chi connectivity index (χ3n) is 4.58. The maximum absolute atomic E-state index is 12.2. The number of fused-ring (bicyclic) bond motifs is 1. The third kappa shape index (κ3) is 3.44. The number of benzene rings is 1. The Morgan fingerprint density at radius 2 is 2.12 bits per heavy atom. The predicted octanol–water partition coefficient (Wildman–Crippen LogP) is 1.44. The molecule has 130 valence electrons. The molecule has 0 aromatic heterocycles. The van der Waals surface area contributed by atoms with Crippen molar-refractivity contribution in [1.82, 2.24) is 4.90 Å². The van der Waals surface area contributed by atoms with Crippen LogP contribution in [0, 0.1) is 13.8 Å². The van der Waals surface area contributed by atoms with Crippen LogP contribution in [-0.2, 0) is 14.6 Å². The molecule has 0 bridgehead atoms. The van der Waals surface area contributed by atoms with Crippen LogP contribution in [0.5, 0.6) is 0 Å². The number of aryl methyl sites for hydroxylation is 1. The molecule has 0 radical (unpaired) electrons. The number of rotatable bonds is 3. The fourth-order valence-electron chi connectivity index (χ4n) is 3.02. The number of nitrogens with zero attached hydrogens (tertiary/aromatic N) is 2. The van der Waals surface area contributed by atoms with Gasteiger partial charge in [0.2, 0.25) is 5.91 Å². The highest BCUT2D eigenvalue weighted by Crippen LogP contribution is 2.29. The smallest absolute Gasteiger partial charge is 0.234 e. The van der Waals surface area contributed by atoms with Crippen molar-refractivity contribution in [1.29, 1.82) is 0 Å². The summed E-state index contributed by atoms with van der Waals surface area (Å²) in [5, 5.41) is 3.67. The molecular formula is C16H21N3O3S2. The van der Waals surface area contributed by atoms with Crippen molar-refractivity contribution in [2.45, 2.75) is 25.9 Å². The summed E-state index contributed by atoms with van der Waals surface area (Å²) < 4.78 is 23.3. The number of carbonyl (C=O) groups excluding carboxylic acids is 1. The lowest BCUT2D eigenvalue weighted by Crippen LogP contribution is -2.35. The van der Waals surface area contributed by atoms with E-state index in [0.717, 1.165) is 22.0 Å². The van der Waals surface area contributed by atoms with Crippen molar-refractivity contribution in [3.8, 4) is 0 Å². The van der Waals surface area contributed by atoms with Crippen molar-refractivity contribution in [3.05, 3.63) is 29.3 Å². The highest BCUT2D eigenvalue weighted by atomic mass is 32.2. The zero-order valence-corrected chi connectivity index (χ0v) is 15.6. The minimum Gasteiger partial charge on any atom is -0.348 e. The second kappa shape index (κ2) is 6.40. The molecule has 2 aliphatic heterocycles. The first-order valence-electron chi connectivity index (χ1n) is 7.77. The summed E-state index contributed by atoms with van der Waals surface area (Å²) in [6.07, 6.45) is 0. The quantitative estimate of drug-likeness (QED) is 0.875. The first-order valence-corrected chi connectivity index (χ1v) is 10.6. The molecule has 3 rings (SSSR count). The van der Waals surface area contributed by atoms with E-state index >= 15 is 0 Å². The Labute approximate surface area is 146 Å². The summed E-state index contributed by atoms with van der Waals surface area (Å²) in [7, 11) is -1.13. The summed E-state index contributed by atoms with van der Waals surface area (Å²) in [5.41, 5.74) is 3.02. The van der Waals surface area contributed by atoms with E-state index in [1.807, 2.05) is 44.0 Å². The maximum atomic E-state index is 12.2. The van der Waals surface area contributed by atoms with Gasteiger partial charge in [0, 0.05) is 12.7 Å². The highest BCUT2D eigenvalue weighted by Gasteiger charge is 2.45. The predicted molar refractivity (Wildman–Crippen MR) is 98.4 cm³/mol. The van der Waals surface area contributed by atoms with Crippen LogP contribution in [-0.4, -0.2) is 60.8 Å². The molecule has 1 N–H and O–H groups in total. The standard InChI is InChI=1S/C16H21N3O3S2/c1-10-5-4-6-12(11(10)2)17-15(20)7-23-16-18-13-8-24(21,22)9-14(13)19(16)3/h4-6,13-14H,7-9H2,1-3H3,(H,17,20)/t13-,14+/m0/s1. The van der Waals surface area contributed by atoms with E-state index in [1.54, 1.807) is 0 Å². The molecule has 1 aromatic rings. The van der Waals surface area contributed by atoms with Crippen LogP contribution in [0.25, 0.3) is 0 Å². The average molecular weight is 367 g/mol. The fraction of sp³-hybridized carbons (Fsp3) is 0.500. The number of hydrogen-bond donors (Lipinski definition) is 1. The Balaban J connectivity index is 1.58. The molecule has 2 atom stereocenters. The summed E-state index contributed by atoms with van der Waals surface area (Å²) in [6.45, 7) is 3.99. The Morgan fingerprint density at radius 3 is 2.83 bits per heavy atom. The summed E-state index contributed by atoms with van der Waals surface area (Å²) in [6, 6.07) is 5.54. The van der Waals surface area contributed by atoms with Gasteiger partial charge < -0.3 is 10.2 Å². The summed E-state index contributed by atoms with van der Waals surface area (Å²) in [5.74, 6) is 0.425. The summed E-state index contributed by atoms with van der Waals surface area (Å²) >= 11 is 1.36. The lowest BCUT2D eigenvalue weighted by Gasteiger charge is -2.20. The zero-order valence-electron chi connectivity index (χ0n) is 13.9. The first-order chi connectivity index (χ1) is 11.3. The molecule has 0 saturated carbocycles. The number of carbonyl (C=O) groups is 1. The van der Waals surface area contributed by atoms with Gasteiger partial charge in [-0.3, -0.25) is 9.79 Å². The van der Waals surface area contributed by atoms with Crippen LogP contribution in [0.15, 0.2) is 23.2 Å². The van der Waals surface area contributed by atoms with Crippen LogP contribution in [0.3, 0.4) is 0 Å². The number of amidine groups is 1. The van der Waals surface area contributed by atoms with Crippen LogP contribution in [0.2, 0.25) is 0 Å². The molecule has 1 fully saturated rings. The van der Waals surface area contributed by atoms with E-state index in [2.05, 4.69) is 10.3 Å². The van der Waals surface area contributed by atoms with E-state index < -0.39 is 9.84 Å². The molecule has 0 aliphatic carbocycles. The highest BCUT2D eigenvalue weighted by molar-refractivity contribution is 8.14. The van der Waals surface area contributed by atoms with Gasteiger partial charge in [-0.05, 0) is 31.0 Å². The van der Waals surface area contributed by atoms with Crippen molar-refractivity contribution in [3.63, 3.8) is 0 Å². The van der Waals surface area contributed by atoms with Gasteiger partial charge in [0.05, 0.1) is 29.3 Å².